The van der Waals surface area contributed by atoms with Crippen LogP contribution in [0.5, 0.6) is 17.2 Å². The number of aromatic nitrogens is 2. The second-order valence-corrected chi connectivity index (χ2v) is 7.52. The number of nitrogens with zero attached hydrogens (tertiary/aromatic N) is 1. The number of rotatable bonds is 6. The van der Waals surface area contributed by atoms with E-state index in [1.54, 1.807) is 20.4 Å². The summed E-state index contributed by atoms with van der Waals surface area (Å²) in [5.74, 6) is 2.13. The average molecular weight is 467 g/mol. The summed E-state index contributed by atoms with van der Waals surface area (Å²) in [5.41, 5.74) is 2.12. The molecule has 0 amide bonds. The highest BCUT2D eigenvalue weighted by Crippen LogP contribution is 2.42. The predicted octanol–water partition coefficient (Wildman–Crippen LogP) is 4.74. The van der Waals surface area contributed by atoms with Crippen LogP contribution in [-0.4, -0.2) is 24.3 Å². The molecule has 0 saturated heterocycles. The van der Waals surface area contributed by atoms with Crippen molar-refractivity contribution in [1.82, 2.24) is 4.98 Å². The number of pyridine rings is 2. The third-order valence-electron chi connectivity index (χ3n) is 4.89. The highest BCUT2D eigenvalue weighted by atomic mass is 79.9. The number of aromatic hydroxyl groups is 1. The van der Waals surface area contributed by atoms with E-state index in [0.29, 0.717) is 22.6 Å². The van der Waals surface area contributed by atoms with Crippen molar-refractivity contribution in [1.29, 1.82) is 0 Å². The molecule has 0 aliphatic heterocycles. The summed E-state index contributed by atoms with van der Waals surface area (Å²) >= 11 is 3.57. The number of hydrogen-bond donors (Lipinski definition) is 2. The van der Waals surface area contributed by atoms with E-state index in [2.05, 4.69) is 31.2 Å². The fourth-order valence-corrected chi connectivity index (χ4v) is 4.08. The Morgan fingerprint density at radius 1 is 1.07 bits per heavy atom. The summed E-state index contributed by atoms with van der Waals surface area (Å²) in [4.78, 5) is 7.55. The topological polar surface area (TPSA) is 77.8 Å². The molecule has 30 heavy (non-hydrogen) atoms. The first kappa shape index (κ1) is 20.0. The molecule has 0 fully saturated rings. The minimum absolute atomic E-state index is 0.132. The second-order valence-electron chi connectivity index (χ2n) is 6.67. The van der Waals surface area contributed by atoms with Gasteiger partial charge in [0.2, 0.25) is 0 Å². The fourth-order valence-electron chi connectivity index (χ4n) is 3.46. The Hall–Kier alpha value is -3.32. The standard InChI is InChI=1S/C23H20BrN3O3/c1-29-18-13-15(12-17(24)23(18)30-2)20(27-19-7-3-4-10-25-19)16-9-8-14-6-5-11-26-21(14)22(16)28/h3-13,20,28H,1-2H3,(H,25,27)/p+1/t20-/m1/s1. The summed E-state index contributed by atoms with van der Waals surface area (Å²) in [5, 5.41) is 15.4. The Labute approximate surface area is 182 Å². The van der Waals surface area contributed by atoms with Gasteiger partial charge in [0.25, 0.3) is 5.82 Å². The van der Waals surface area contributed by atoms with Crippen LogP contribution in [-0.2, 0) is 0 Å². The molecule has 2 aromatic carbocycles. The molecule has 4 rings (SSSR count). The number of ether oxygens (including phenoxy) is 2. The van der Waals surface area contributed by atoms with E-state index in [1.165, 1.54) is 0 Å². The highest BCUT2D eigenvalue weighted by molar-refractivity contribution is 9.10. The average Bonchev–Trinajstić information content (AvgIpc) is 2.78. The zero-order valence-electron chi connectivity index (χ0n) is 16.5. The van der Waals surface area contributed by atoms with E-state index < -0.39 is 0 Å². The maximum atomic E-state index is 11.1. The molecule has 2 heterocycles. The molecule has 7 heteroatoms. The Bertz CT molecular complexity index is 1190. The molecule has 0 radical (unpaired) electrons. The second kappa shape index (κ2) is 8.59. The van der Waals surface area contributed by atoms with Crippen LogP contribution in [0.3, 0.4) is 0 Å². The largest absolute Gasteiger partial charge is 0.505 e. The van der Waals surface area contributed by atoms with Gasteiger partial charge in [0.15, 0.2) is 11.5 Å². The third-order valence-corrected chi connectivity index (χ3v) is 5.48. The van der Waals surface area contributed by atoms with Crippen molar-refractivity contribution >= 4 is 32.7 Å². The number of hydrogen-bond acceptors (Lipinski definition) is 5. The molecule has 6 nitrogen and oxygen atoms in total. The van der Waals surface area contributed by atoms with Crippen LogP contribution >= 0.6 is 15.9 Å². The van der Waals surface area contributed by atoms with E-state index in [9.17, 15) is 5.11 Å². The summed E-state index contributed by atoms with van der Waals surface area (Å²) in [6, 6.07) is 16.9. The number of anilines is 1. The third kappa shape index (κ3) is 3.76. The van der Waals surface area contributed by atoms with Gasteiger partial charge in [0.05, 0.1) is 24.9 Å². The predicted molar refractivity (Wildman–Crippen MR) is 119 cm³/mol. The zero-order valence-corrected chi connectivity index (χ0v) is 18.1. The van der Waals surface area contributed by atoms with Crippen molar-refractivity contribution in [3.63, 3.8) is 0 Å². The van der Waals surface area contributed by atoms with E-state index >= 15 is 0 Å². The number of nitrogens with one attached hydrogen (secondary N) is 2. The van der Waals surface area contributed by atoms with Crippen LogP contribution in [0.15, 0.2) is 71.5 Å². The number of methoxy groups -OCH3 is 2. The molecule has 0 aliphatic rings. The molecule has 0 saturated carbocycles. The maximum Gasteiger partial charge on any atom is 0.272 e. The maximum absolute atomic E-state index is 11.1. The Morgan fingerprint density at radius 3 is 2.67 bits per heavy atom. The number of phenolic OH excluding ortho intramolecular Hbond substituents is 1. The van der Waals surface area contributed by atoms with Crippen molar-refractivity contribution in [2.45, 2.75) is 6.04 Å². The van der Waals surface area contributed by atoms with Crippen LogP contribution in [0.1, 0.15) is 17.2 Å². The molecule has 0 unspecified atom stereocenters. The van der Waals surface area contributed by atoms with Crippen molar-refractivity contribution in [3.8, 4) is 17.2 Å². The Balaban J connectivity index is 1.90. The minimum Gasteiger partial charge on any atom is -0.505 e. The lowest BCUT2D eigenvalue weighted by atomic mass is 9.95. The number of phenols is 1. The van der Waals surface area contributed by atoms with Gasteiger partial charge in [-0.05, 0) is 46.3 Å². The number of halogens is 1. The quantitative estimate of drug-likeness (QED) is 0.429. The monoisotopic (exact) mass is 466 g/mol. The van der Waals surface area contributed by atoms with Gasteiger partial charge >= 0.3 is 0 Å². The van der Waals surface area contributed by atoms with Crippen LogP contribution in [0.4, 0.5) is 5.82 Å². The first-order chi connectivity index (χ1) is 14.6. The van der Waals surface area contributed by atoms with Crippen molar-refractivity contribution in [2.75, 3.05) is 19.5 Å². The summed E-state index contributed by atoms with van der Waals surface area (Å²) in [7, 11) is 3.19. The van der Waals surface area contributed by atoms with Crippen LogP contribution < -0.4 is 19.8 Å². The van der Waals surface area contributed by atoms with Gasteiger partial charge in [-0.2, -0.15) is 0 Å². The normalized spacial score (nSPS) is 11.8. The molecule has 4 aromatic rings. The molecule has 0 aliphatic carbocycles. The van der Waals surface area contributed by atoms with Crippen molar-refractivity contribution < 1.29 is 19.6 Å². The molecule has 3 N–H and O–H groups in total. The van der Waals surface area contributed by atoms with Crippen molar-refractivity contribution in [2.24, 2.45) is 0 Å². The van der Waals surface area contributed by atoms with Crippen LogP contribution in [0.25, 0.3) is 10.9 Å². The molecule has 0 spiro atoms. The van der Waals surface area contributed by atoms with Gasteiger partial charge in [-0.15, -0.1) is 0 Å². The Kier molecular flexibility index (Phi) is 5.72. The summed E-state index contributed by atoms with van der Waals surface area (Å²) in [6.07, 6.45) is 3.51. The van der Waals surface area contributed by atoms with Gasteiger partial charge in [-0.25, -0.2) is 4.98 Å². The number of benzene rings is 2. The zero-order chi connectivity index (χ0) is 21.1. The van der Waals surface area contributed by atoms with E-state index in [-0.39, 0.29) is 11.8 Å². The molecular formula is C23H21BrN3O3+. The number of aromatic amines is 1. The van der Waals surface area contributed by atoms with Crippen molar-refractivity contribution in [3.05, 3.63) is 82.6 Å². The lowest BCUT2D eigenvalue weighted by Gasteiger charge is -2.20. The van der Waals surface area contributed by atoms with E-state index in [4.69, 9.17) is 9.47 Å². The van der Waals surface area contributed by atoms with E-state index in [0.717, 1.165) is 21.2 Å². The SMILES string of the molecule is COc1cc([C@@H](Nc2cccc[nH+]2)c2ccc3cccnc3c2O)cc(Br)c1OC. The van der Waals surface area contributed by atoms with Gasteiger partial charge in [-0.3, -0.25) is 10.3 Å². The summed E-state index contributed by atoms with van der Waals surface area (Å²) < 4.78 is 11.7. The lowest BCUT2D eigenvalue weighted by molar-refractivity contribution is -0.361. The van der Waals surface area contributed by atoms with E-state index in [1.807, 2.05) is 60.8 Å². The molecule has 152 valence electrons. The number of H-pyrrole nitrogens is 1. The van der Waals surface area contributed by atoms with Gasteiger partial charge < -0.3 is 14.6 Å². The molecule has 0 bridgehead atoms. The smallest absolute Gasteiger partial charge is 0.272 e. The number of fused-ring (bicyclic) bond motifs is 1. The van der Waals surface area contributed by atoms with Gasteiger partial charge in [0, 0.05) is 28.8 Å². The Morgan fingerprint density at radius 2 is 1.93 bits per heavy atom. The summed E-state index contributed by atoms with van der Waals surface area (Å²) in [6.45, 7) is 0. The van der Waals surface area contributed by atoms with Gasteiger partial charge in [-0.1, -0.05) is 18.2 Å². The first-order valence-electron chi connectivity index (χ1n) is 9.33. The minimum atomic E-state index is -0.383. The lowest BCUT2D eigenvalue weighted by Crippen LogP contribution is -2.19. The highest BCUT2D eigenvalue weighted by Gasteiger charge is 2.26. The fraction of sp³-hybridized carbons (Fsp3) is 0.130. The molecule has 2 aromatic heterocycles. The first-order valence-corrected chi connectivity index (χ1v) is 10.1. The van der Waals surface area contributed by atoms with Crippen LogP contribution in [0, 0.1) is 0 Å². The molecular weight excluding hydrogens is 446 g/mol. The van der Waals surface area contributed by atoms with Crippen LogP contribution in [0.2, 0.25) is 0 Å². The molecule has 1 atom stereocenters. The van der Waals surface area contributed by atoms with Gasteiger partial charge in [0.1, 0.15) is 17.3 Å².